The number of fused-ring (bicyclic) bond motifs is 1. The summed E-state index contributed by atoms with van der Waals surface area (Å²) >= 11 is 1.59. The zero-order chi connectivity index (χ0) is 17.8. The van der Waals surface area contributed by atoms with E-state index in [4.69, 9.17) is 4.74 Å². The fraction of sp³-hybridized carbons (Fsp3) is 0.526. The number of aromatic nitrogens is 1. The van der Waals surface area contributed by atoms with E-state index in [9.17, 15) is 9.59 Å². The van der Waals surface area contributed by atoms with Crippen LogP contribution >= 0.6 is 11.3 Å². The minimum atomic E-state index is -0.343. The lowest BCUT2D eigenvalue weighted by Gasteiger charge is -2.38. The van der Waals surface area contributed by atoms with E-state index in [0.29, 0.717) is 6.42 Å². The van der Waals surface area contributed by atoms with E-state index < -0.39 is 0 Å². The third kappa shape index (κ3) is 4.37. The Kier molecular flexibility index (Phi) is 5.68. The number of carbonyl (C=O) groups excluding carboxylic acids is 2. The van der Waals surface area contributed by atoms with Crippen molar-refractivity contribution >= 4 is 33.4 Å². The third-order valence-corrected chi connectivity index (χ3v) is 5.82. The Hall–Kier alpha value is -1.95. The molecule has 3 rings (SSSR count). The van der Waals surface area contributed by atoms with E-state index in [0.717, 1.165) is 34.5 Å². The van der Waals surface area contributed by atoms with Gasteiger partial charge in [0.25, 0.3) is 5.91 Å². The molecule has 1 amide bonds. The lowest BCUT2D eigenvalue weighted by atomic mass is 9.97. The molecule has 0 unspecified atom stereocenters. The van der Waals surface area contributed by atoms with Crippen molar-refractivity contribution in [1.29, 1.82) is 0 Å². The maximum atomic E-state index is 12.4. The number of piperidine rings is 1. The van der Waals surface area contributed by atoms with Gasteiger partial charge in [-0.1, -0.05) is 12.1 Å². The summed E-state index contributed by atoms with van der Waals surface area (Å²) in [6.45, 7) is 3.96. The summed E-state index contributed by atoms with van der Waals surface area (Å²) in [7, 11) is 0. The molecule has 1 aliphatic rings. The number of para-hydroxylation sites is 1. The Morgan fingerprint density at radius 1 is 1.24 bits per heavy atom. The molecule has 2 heterocycles. The molecule has 1 saturated heterocycles. The minimum absolute atomic E-state index is 0.0898. The lowest BCUT2D eigenvalue weighted by molar-refractivity contribution is -0.154. The molecule has 2 aromatic rings. The Morgan fingerprint density at radius 2 is 1.96 bits per heavy atom. The van der Waals surface area contributed by atoms with Crippen molar-refractivity contribution in [2.75, 3.05) is 6.61 Å². The highest BCUT2D eigenvalue weighted by Crippen LogP contribution is 2.23. The molecular weight excluding hydrogens is 336 g/mol. The van der Waals surface area contributed by atoms with Gasteiger partial charge >= 0.3 is 5.97 Å². The Balaban J connectivity index is 1.46. The Labute approximate surface area is 152 Å². The lowest BCUT2D eigenvalue weighted by Crippen LogP contribution is -2.49. The van der Waals surface area contributed by atoms with E-state index in [1.807, 2.05) is 29.2 Å². The van der Waals surface area contributed by atoms with E-state index >= 15 is 0 Å². The predicted molar refractivity (Wildman–Crippen MR) is 98.5 cm³/mol. The number of ether oxygens (including phenoxy) is 1. The van der Waals surface area contributed by atoms with E-state index in [1.165, 1.54) is 0 Å². The first-order valence-corrected chi connectivity index (χ1v) is 9.67. The standard InChI is InChI=1S/C19H24N2O3S/c1-13-6-5-7-14(2)21(13)18(22)12-24-19(23)11-10-17-20-15-8-3-4-9-16(15)25-17/h3-4,8-9,13-14H,5-7,10-12H2,1-2H3/t13-,14-/m1/s1. The van der Waals surface area contributed by atoms with Crippen molar-refractivity contribution in [2.45, 2.75) is 58.0 Å². The second-order valence-corrected chi connectivity index (χ2v) is 7.78. The number of thiazole rings is 1. The van der Waals surface area contributed by atoms with Crippen LogP contribution in [0.25, 0.3) is 10.2 Å². The SMILES string of the molecule is C[C@@H]1CCC[C@@H](C)N1C(=O)COC(=O)CCc1nc2ccccc2s1. The van der Waals surface area contributed by atoms with Crippen LogP contribution in [0.15, 0.2) is 24.3 Å². The number of hydrogen-bond acceptors (Lipinski definition) is 5. The summed E-state index contributed by atoms with van der Waals surface area (Å²) < 4.78 is 6.32. The molecule has 25 heavy (non-hydrogen) atoms. The largest absolute Gasteiger partial charge is 0.456 e. The van der Waals surface area contributed by atoms with Crippen LogP contribution in [0.5, 0.6) is 0 Å². The first-order valence-electron chi connectivity index (χ1n) is 8.86. The van der Waals surface area contributed by atoms with Gasteiger partial charge in [0.2, 0.25) is 0 Å². The molecule has 0 bridgehead atoms. The molecule has 5 nitrogen and oxygen atoms in total. The van der Waals surface area contributed by atoms with Crippen molar-refractivity contribution in [3.63, 3.8) is 0 Å². The molecule has 0 aliphatic carbocycles. The van der Waals surface area contributed by atoms with Crippen molar-refractivity contribution in [3.05, 3.63) is 29.3 Å². The van der Waals surface area contributed by atoms with Crippen molar-refractivity contribution in [1.82, 2.24) is 9.88 Å². The number of benzene rings is 1. The molecular formula is C19H24N2O3S. The summed E-state index contributed by atoms with van der Waals surface area (Å²) in [6, 6.07) is 8.36. The molecule has 6 heteroatoms. The van der Waals surface area contributed by atoms with E-state index in [1.54, 1.807) is 11.3 Å². The molecule has 1 aliphatic heterocycles. The van der Waals surface area contributed by atoms with Crippen molar-refractivity contribution in [2.24, 2.45) is 0 Å². The fourth-order valence-corrected chi connectivity index (χ4v) is 4.40. The van der Waals surface area contributed by atoms with E-state index in [-0.39, 0.29) is 37.0 Å². The molecule has 1 fully saturated rings. The monoisotopic (exact) mass is 360 g/mol. The van der Waals surface area contributed by atoms with Crippen molar-refractivity contribution in [3.8, 4) is 0 Å². The zero-order valence-corrected chi connectivity index (χ0v) is 15.6. The molecule has 0 spiro atoms. The van der Waals surface area contributed by atoms with Crippen LogP contribution in [0, 0.1) is 0 Å². The average molecular weight is 360 g/mol. The third-order valence-electron chi connectivity index (χ3n) is 4.72. The van der Waals surface area contributed by atoms with Crippen LogP contribution in [0.3, 0.4) is 0 Å². The maximum Gasteiger partial charge on any atom is 0.306 e. The highest BCUT2D eigenvalue weighted by atomic mass is 32.1. The van der Waals surface area contributed by atoms with Crippen LogP contribution in [0.4, 0.5) is 0 Å². The number of esters is 1. The van der Waals surface area contributed by atoms with Crippen LogP contribution in [0.2, 0.25) is 0 Å². The number of amides is 1. The van der Waals surface area contributed by atoms with Gasteiger partial charge < -0.3 is 9.64 Å². The summed E-state index contributed by atoms with van der Waals surface area (Å²) in [6.07, 6.45) is 3.97. The zero-order valence-electron chi connectivity index (χ0n) is 14.7. The number of hydrogen-bond donors (Lipinski definition) is 0. The quantitative estimate of drug-likeness (QED) is 0.765. The van der Waals surface area contributed by atoms with Gasteiger partial charge in [0.1, 0.15) is 0 Å². The summed E-state index contributed by atoms with van der Waals surface area (Å²) in [4.78, 5) is 30.7. The summed E-state index contributed by atoms with van der Waals surface area (Å²) in [5.74, 6) is -0.432. The topological polar surface area (TPSA) is 59.5 Å². The first kappa shape index (κ1) is 17.9. The Morgan fingerprint density at radius 3 is 2.68 bits per heavy atom. The molecule has 0 radical (unpaired) electrons. The Bertz CT molecular complexity index is 715. The molecule has 1 aromatic heterocycles. The smallest absolute Gasteiger partial charge is 0.306 e. The van der Waals surface area contributed by atoms with Crippen LogP contribution in [-0.2, 0) is 20.7 Å². The van der Waals surface area contributed by atoms with Gasteiger partial charge in [-0.25, -0.2) is 4.98 Å². The fourth-order valence-electron chi connectivity index (χ4n) is 3.44. The van der Waals surface area contributed by atoms with Crippen molar-refractivity contribution < 1.29 is 14.3 Å². The van der Waals surface area contributed by atoms with Crippen LogP contribution in [0.1, 0.15) is 44.5 Å². The van der Waals surface area contributed by atoms with Crippen LogP contribution in [-0.4, -0.2) is 40.5 Å². The second-order valence-electron chi connectivity index (χ2n) is 6.67. The predicted octanol–water partition coefficient (Wildman–Crippen LogP) is 3.56. The maximum absolute atomic E-state index is 12.4. The number of carbonyl (C=O) groups is 2. The van der Waals surface area contributed by atoms with Gasteiger partial charge in [-0.15, -0.1) is 11.3 Å². The number of nitrogens with zero attached hydrogens (tertiary/aromatic N) is 2. The second kappa shape index (κ2) is 7.95. The molecule has 134 valence electrons. The summed E-state index contributed by atoms with van der Waals surface area (Å²) in [5.41, 5.74) is 0.958. The van der Waals surface area contributed by atoms with Gasteiger partial charge in [-0.05, 0) is 45.2 Å². The van der Waals surface area contributed by atoms with Gasteiger partial charge in [-0.3, -0.25) is 9.59 Å². The van der Waals surface area contributed by atoms with Gasteiger partial charge in [0.05, 0.1) is 21.6 Å². The highest BCUT2D eigenvalue weighted by Gasteiger charge is 2.29. The van der Waals surface area contributed by atoms with E-state index in [2.05, 4.69) is 18.8 Å². The van der Waals surface area contributed by atoms with Crippen LogP contribution < -0.4 is 0 Å². The molecule has 1 aromatic carbocycles. The first-order chi connectivity index (χ1) is 12.0. The number of rotatable bonds is 5. The van der Waals surface area contributed by atoms with Gasteiger partial charge in [0, 0.05) is 18.5 Å². The minimum Gasteiger partial charge on any atom is -0.456 e. The molecule has 0 N–H and O–H groups in total. The summed E-state index contributed by atoms with van der Waals surface area (Å²) in [5, 5.41) is 0.919. The average Bonchev–Trinajstić information content (AvgIpc) is 3.01. The normalized spacial score (nSPS) is 20.6. The van der Waals surface area contributed by atoms with Gasteiger partial charge in [0.15, 0.2) is 6.61 Å². The number of likely N-dealkylation sites (tertiary alicyclic amines) is 1. The number of aryl methyl sites for hydroxylation is 1. The highest BCUT2D eigenvalue weighted by molar-refractivity contribution is 7.18. The molecule has 2 atom stereocenters. The van der Waals surface area contributed by atoms with Gasteiger partial charge in [-0.2, -0.15) is 0 Å². The molecule has 0 saturated carbocycles.